The summed E-state index contributed by atoms with van der Waals surface area (Å²) in [4.78, 5) is 6.66. The largest absolute Gasteiger partial charge is 0.395 e. The molecular formula is C20H25N3O3S. The van der Waals surface area contributed by atoms with Crippen molar-refractivity contribution in [1.82, 2.24) is 14.2 Å². The Hall–Kier alpha value is -1.80. The zero-order chi connectivity index (χ0) is 19.1. The van der Waals surface area contributed by atoms with Gasteiger partial charge in [-0.3, -0.25) is 9.88 Å². The van der Waals surface area contributed by atoms with Crippen LogP contribution in [0, 0.1) is 0 Å². The number of sulfonamides is 1. The van der Waals surface area contributed by atoms with E-state index in [1.54, 1.807) is 17.4 Å². The number of likely N-dealkylation sites (tertiary alicyclic amines) is 1. The minimum Gasteiger partial charge on any atom is -0.395 e. The summed E-state index contributed by atoms with van der Waals surface area (Å²) in [7, 11) is -3.21. The van der Waals surface area contributed by atoms with E-state index in [1.807, 2.05) is 36.4 Å². The summed E-state index contributed by atoms with van der Waals surface area (Å²) in [5.74, 6) is 0.221. The van der Waals surface area contributed by atoms with Crippen molar-refractivity contribution in [1.29, 1.82) is 0 Å². The van der Waals surface area contributed by atoms with Crippen LogP contribution in [0.3, 0.4) is 0 Å². The lowest BCUT2D eigenvalue weighted by atomic mass is 9.61. The summed E-state index contributed by atoms with van der Waals surface area (Å²) in [5, 5.41) is 10.1. The quantitative estimate of drug-likeness (QED) is 0.812. The minimum absolute atomic E-state index is 0.0364. The molecule has 7 heteroatoms. The van der Waals surface area contributed by atoms with Gasteiger partial charge in [0.05, 0.1) is 23.6 Å². The Bertz CT molecular complexity index is 883. The lowest BCUT2D eigenvalue weighted by molar-refractivity contribution is -0.176. The Labute approximate surface area is 160 Å². The number of rotatable bonds is 6. The normalized spacial score (nSPS) is 25.1. The molecule has 6 nitrogen and oxygen atoms in total. The topological polar surface area (TPSA) is 73.7 Å². The molecule has 0 bridgehead atoms. The van der Waals surface area contributed by atoms with Crippen LogP contribution in [-0.4, -0.2) is 64.7 Å². The van der Waals surface area contributed by atoms with Gasteiger partial charge in [-0.2, -0.15) is 4.31 Å². The molecule has 0 saturated carbocycles. The van der Waals surface area contributed by atoms with Crippen molar-refractivity contribution in [2.24, 2.45) is 0 Å². The van der Waals surface area contributed by atoms with Crippen molar-refractivity contribution in [3.8, 4) is 0 Å². The van der Waals surface area contributed by atoms with Gasteiger partial charge in [0.25, 0.3) is 0 Å². The maximum atomic E-state index is 12.3. The first kappa shape index (κ1) is 18.6. The Morgan fingerprint density at radius 3 is 2.44 bits per heavy atom. The number of nitrogens with zero attached hydrogens (tertiary/aromatic N) is 3. The van der Waals surface area contributed by atoms with Crippen LogP contribution in [0.5, 0.6) is 0 Å². The van der Waals surface area contributed by atoms with Crippen LogP contribution < -0.4 is 0 Å². The maximum Gasteiger partial charge on any atom is 0.213 e. The fourth-order valence-electron chi connectivity index (χ4n) is 4.62. The van der Waals surface area contributed by atoms with Gasteiger partial charge in [0.1, 0.15) is 0 Å². The third kappa shape index (κ3) is 2.99. The first-order valence-electron chi connectivity index (χ1n) is 9.32. The zero-order valence-corrected chi connectivity index (χ0v) is 16.2. The third-order valence-corrected chi connectivity index (χ3v) is 7.77. The molecule has 144 valence electrons. The first-order valence-corrected chi connectivity index (χ1v) is 10.9. The Kier molecular flexibility index (Phi) is 4.80. The smallest absolute Gasteiger partial charge is 0.213 e. The predicted molar refractivity (Wildman–Crippen MR) is 104 cm³/mol. The number of pyridine rings is 1. The first-order chi connectivity index (χ1) is 13.0. The fraction of sp³-hybridized carbons (Fsp3) is 0.450. The van der Waals surface area contributed by atoms with E-state index in [4.69, 9.17) is 0 Å². The monoisotopic (exact) mass is 387 g/mol. The fourth-order valence-corrected chi connectivity index (χ4v) is 5.83. The van der Waals surface area contributed by atoms with E-state index in [2.05, 4.69) is 22.0 Å². The molecule has 2 aliphatic heterocycles. The molecule has 2 fully saturated rings. The van der Waals surface area contributed by atoms with E-state index in [0.717, 1.165) is 11.3 Å². The van der Waals surface area contributed by atoms with Crippen LogP contribution in [0.2, 0.25) is 0 Å². The molecule has 0 unspecified atom stereocenters. The molecule has 2 atom stereocenters. The maximum absolute atomic E-state index is 12.3. The van der Waals surface area contributed by atoms with Crippen molar-refractivity contribution in [2.45, 2.75) is 31.0 Å². The summed E-state index contributed by atoms with van der Waals surface area (Å²) >= 11 is 0. The van der Waals surface area contributed by atoms with Crippen molar-refractivity contribution in [3.05, 3.63) is 66.0 Å². The van der Waals surface area contributed by atoms with Crippen LogP contribution in [0.4, 0.5) is 0 Å². The van der Waals surface area contributed by atoms with Crippen LogP contribution >= 0.6 is 0 Å². The molecule has 1 aromatic heterocycles. The van der Waals surface area contributed by atoms with Crippen LogP contribution in [0.1, 0.15) is 24.1 Å². The molecule has 3 heterocycles. The Balaban J connectivity index is 1.66. The molecular weight excluding hydrogens is 362 g/mol. The van der Waals surface area contributed by atoms with Gasteiger partial charge < -0.3 is 5.11 Å². The highest BCUT2D eigenvalue weighted by Crippen LogP contribution is 2.54. The van der Waals surface area contributed by atoms with Crippen molar-refractivity contribution in [3.63, 3.8) is 0 Å². The molecule has 27 heavy (non-hydrogen) atoms. The summed E-state index contributed by atoms with van der Waals surface area (Å²) in [6, 6.07) is 15.9. The Morgan fingerprint density at radius 1 is 1.15 bits per heavy atom. The van der Waals surface area contributed by atoms with Gasteiger partial charge in [-0.1, -0.05) is 36.4 Å². The minimum atomic E-state index is -3.21. The van der Waals surface area contributed by atoms with Gasteiger partial charge >= 0.3 is 0 Å². The highest BCUT2D eigenvalue weighted by molar-refractivity contribution is 7.89. The average Bonchev–Trinajstić information content (AvgIpc) is 2.65. The molecule has 4 rings (SSSR count). The predicted octanol–water partition coefficient (Wildman–Crippen LogP) is 1.45. The highest BCUT2D eigenvalue weighted by atomic mass is 32.2. The summed E-state index contributed by atoms with van der Waals surface area (Å²) in [5.41, 5.74) is 1.80. The van der Waals surface area contributed by atoms with Gasteiger partial charge in [0, 0.05) is 37.8 Å². The lowest BCUT2D eigenvalue weighted by Gasteiger charge is -2.70. The second-order valence-electron chi connectivity index (χ2n) is 7.36. The molecule has 0 amide bonds. The second kappa shape index (κ2) is 6.98. The number of benzene rings is 1. The van der Waals surface area contributed by atoms with E-state index in [9.17, 15) is 13.5 Å². The molecule has 0 radical (unpaired) electrons. The molecule has 1 aromatic carbocycles. The zero-order valence-electron chi connectivity index (χ0n) is 15.4. The van der Waals surface area contributed by atoms with Gasteiger partial charge in [0.15, 0.2) is 0 Å². The van der Waals surface area contributed by atoms with Gasteiger partial charge in [-0.25, -0.2) is 8.42 Å². The molecule has 1 spiro atoms. The van der Waals surface area contributed by atoms with Crippen molar-refractivity contribution < 1.29 is 13.5 Å². The molecule has 0 aliphatic carbocycles. The molecule has 2 aromatic rings. The SMILES string of the molecule is CCS(=O)(=O)N1CC2(C1)[C@H](c1ccccc1)[C@@H](CO)N2Cc1ccccn1. The number of aliphatic hydroxyl groups is 1. The van der Waals surface area contributed by atoms with Crippen LogP contribution in [-0.2, 0) is 16.6 Å². The summed E-state index contributed by atoms with van der Waals surface area (Å²) < 4.78 is 26.2. The summed E-state index contributed by atoms with van der Waals surface area (Å²) in [6.45, 7) is 3.25. The number of hydrogen-bond acceptors (Lipinski definition) is 5. The van der Waals surface area contributed by atoms with E-state index in [0.29, 0.717) is 19.6 Å². The van der Waals surface area contributed by atoms with Gasteiger partial charge in [0.2, 0.25) is 10.0 Å². The Morgan fingerprint density at radius 2 is 1.85 bits per heavy atom. The number of aliphatic hydroxyl groups excluding tert-OH is 1. The van der Waals surface area contributed by atoms with E-state index < -0.39 is 10.0 Å². The van der Waals surface area contributed by atoms with Gasteiger partial charge in [-0.15, -0.1) is 0 Å². The molecule has 2 saturated heterocycles. The molecule has 1 N–H and O–H groups in total. The van der Waals surface area contributed by atoms with E-state index >= 15 is 0 Å². The van der Waals surface area contributed by atoms with Crippen molar-refractivity contribution in [2.75, 3.05) is 25.4 Å². The second-order valence-corrected chi connectivity index (χ2v) is 9.62. The lowest BCUT2D eigenvalue weighted by Crippen LogP contribution is -2.84. The van der Waals surface area contributed by atoms with E-state index in [-0.39, 0.29) is 29.9 Å². The van der Waals surface area contributed by atoms with Crippen LogP contribution in [0.15, 0.2) is 54.7 Å². The van der Waals surface area contributed by atoms with Crippen molar-refractivity contribution >= 4 is 10.0 Å². The number of hydrogen-bond donors (Lipinski definition) is 1. The highest BCUT2D eigenvalue weighted by Gasteiger charge is 2.66. The van der Waals surface area contributed by atoms with Crippen LogP contribution in [0.25, 0.3) is 0 Å². The van der Waals surface area contributed by atoms with E-state index in [1.165, 1.54) is 0 Å². The van der Waals surface area contributed by atoms with Gasteiger partial charge in [-0.05, 0) is 24.6 Å². The molecule has 2 aliphatic rings. The standard InChI is InChI=1S/C20H25N3O3S/c1-2-27(25,26)22-14-20(15-22)19(16-8-4-3-5-9-16)18(13-24)23(20)12-17-10-6-7-11-21-17/h3-11,18-19,24H,2,12-15H2,1H3/t18-,19-/m1/s1. The third-order valence-electron chi connectivity index (χ3n) is 6.00. The summed E-state index contributed by atoms with van der Waals surface area (Å²) in [6.07, 6.45) is 1.76. The average molecular weight is 388 g/mol. The number of aromatic nitrogens is 1.